The molecule has 4 N–H and O–H groups in total. The number of carbonyl (C=O) groups excluding carboxylic acids is 1. The van der Waals surface area contributed by atoms with E-state index in [4.69, 9.17) is 48.9 Å². The SMILES string of the molecule is COc1ccc(N)c(SC)c1.COc1ccc(N)c(SC)c1.COc1ccc2nc(-c3ccc(-c4ccc(Cl)nn4)cc3)sc2c1.O=Cc1ccc(-c2ccc(Cl)nn2)cc1. The third kappa shape index (κ3) is 13.3. The normalized spacial score (nSPS) is 10.2. The lowest BCUT2D eigenvalue weighted by molar-refractivity contribution is 0.112. The minimum atomic E-state index is 0.364. The molecule has 3 aromatic heterocycles. The van der Waals surface area contributed by atoms with Crippen LogP contribution in [0.5, 0.6) is 17.2 Å². The van der Waals surface area contributed by atoms with E-state index in [1.54, 1.807) is 86.5 Å². The second kappa shape index (κ2) is 23.2. The molecule has 5 aromatic carbocycles. The van der Waals surface area contributed by atoms with Crippen molar-refractivity contribution in [3.05, 3.63) is 143 Å². The van der Waals surface area contributed by atoms with Crippen molar-refractivity contribution in [2.45, 2.75) is 9.79 Å². The molecule has 0 radical (unpaired) electrons. The van der Waals surface area contributed by atoms with Gasteiger partial charge in [0, 0.05) is 43.4 Å². The zero-order chi connectivity index (χ0) is 43.7. The maximum absolute atomic E-state index is 10.5. The van der Waals surface area contributed by atoms with Crippen molar-refractivity contribution in [3.63, 3.8) is 0 Å². The van der Waals surface area contributed by atoms with Gasteiger partial charge >= 0.3 is 0 Å². The summed E-state index contributed by atoms with van der Waals surface area (Å²) in [7, 11) is 4.97. The van der Waals surface area contributed by atoms with Gasteiger partial charge in [-0.2, -0.15) is 0 Å². The number of aldehydes is 1. The van der Waals surface area contributed by atoms with Gasteiger partial charge in [0.05, 0.1) is 42.9 Å². The van der Waals surface area contributed by atoms with Gasteiger partial charge in [-0.3, -0.25) is 4.79 Å². The lowest BCUT2D eigenvalue weighted by Crippen LogP contribution is -1.89. The van der Waals surface area contributed by atoms with Crippen molar-refractivity contribution >= 4 is 85.9 Å². The Labute approximate surface area is 376 Å². The number of hydrogen-bond acceptors (Lipinski definition) is 14. The Morgan fingerprint density at radius 2 is 1.00 bits per heavy atom. The topological polar surface area (TPSA) is 161 Å². The summed E-state index contributed by atoms with van der Waals surface area (Å²) in [5.41, 5.74) is 19.1. The lowest BCUT2D eigenvalue weighted by Gasteiger charge is -2.04. The molecule has 8 aromatic rings. The predicted molar refractivity (Wildman–Crippen MR) is 254 cm³/mol. The molecule has 0 aliphatic heterocycles. The Hall–Kier alpha value is -5.90. The number of nitrogens with two attached hydrogens (primary N) is 2. The maximum atomic E-state index is 10.5. The highest BCUT2D eigenvalue weighted by Gasteiger charge is 2.09. The Kier molecular flexibility index (Phi) is 17.6. The molecule has 0 unspecified atom stereocenters. The summed E-state index contributed by atoms with van der Waals surface area (Å²) in [6.45, 7) is 0. The van der Waals surface area contributed by atoms with Crippen molar-refractivity contribution in [2.24, 2.45) is 0 Å². The number of methoxy groups -OCH3 is 3. The minimum absolute atomic E-state index is 0.364. The first-order chi connectivity index (χ1) is 29.6. The molecule has 8 rings (SSSR count). The summed E-state index contributed by atoms with van der Waals surface area (Å²) in [5.74, 6) is 2.54. The highest BCUT2D eigenvalue weighted by molar-refractivity contribution is 7.99. The molecular weight excluding hydrogens is 870 g/mol. The number of thioether (sulfide) groups is 2. The fourth-order valence-electron chi connectivity index (χ4n) is 5.25. The van der Waals surface area contributed by atoms with E-state index in [1.807, 2.05) is 110 Å². The first-order valence-corrected chi connectivity index (χ1v) is 22.1. The van der Waals surface area contributed by atoms with Crippen LogP contribution >= 0.6 is 58.1 Å². The molecule has 11 nitrogen and oxygen atoms in total. The standard InChI is InChI=1S/C18H12ClN3OS.C11H7ClN2O.2C8H11NOS/c1-23-13-6-7-15-16(10-13)24-18(20-15)12-4-2-11(3-5-12)14-8-9-17(19)22-21-14;12-11-6-5-10(13-14-11)9-3-1-8(7-15)2-4-9;2*1-10-6-3-4-7(9)8(5-6)11-2/h2-10H,1H3;1-7H;2*3-5H,9H2,1-2H3. The number of halogens is 2. The Bertz CT molecular complexity index is 2580. The van der Waals surface area contributed by atoms with Crippen molar-refractivity contribution < 1.29 is 19.0 Å². The number of carbonyl (C=O) groups is 1. The number of rotatable bonds is 9. The van der Waals surface area contributed by atoms with Gasteiger partial charge < -0.3 is 25.7 Å². The molecule has 312 valence electrons. The van der Waals surface area contributed by atoms with Gasteiger partial charge in [-0.25, -0.2) is 4.98 Å². The Balaban J connectivity index is 0.000000164. The molecule has 0 aliphatic carbocycles. The van der Waals surface area contributed by atoms with E-state index in [2.05, 4.69) is 25.4 Å². The van der Waals surface area contributed by atoms with E-state index in [1.165, 1.54) is 0 Å². The lowest BCUT2D eigenvalue weighted by atomic mass is 10.1. The summed E-state index contributed by atoms with van der Waals surface area (Å²) in [4.78, 5) is 17.3. The zero-order valence-electron chi connectivity index (χ0n) is 33.7. The van der Waals surface area contributed by atoms with Crippen LogP contribution in [-0.4, -0.2) is 65.5 Å². The molecule has 0 aliphatic rings. The van der Waals surface area contributed by atoms with Gasteiger partial charge in [0.1, 0.15) is 28.5 Å². The van der Waals surface area contributed by atoms with Crippen LogP contribution in [0.4, 0.5) is 11.4 Å². The van der Waals surface area contributed by atoms with Crippen LogP contribution in [0.1, 0.15) is 10.4 Å². The summed E-state index contributed by atoms with van der Waals surface area (Å²) in [6, 6.07) is 39.5. The van der Waals surface area contributed by atoms with E-state index in [9.17, 15) is 4.79 Å². The third-order valence-electron chi connectivity index (χ3n) is 8.51. The number of aromatic nitrogens is 5. The van der Waals surface area contributed by atoms with Crippen LogP contribution in [0.25, 0.3) is 43.3 Å². The maximum Gasteiger partial charge on any atom is 0.151 e. The number of nitrogens with zero attached hydrogens (tertiary/aromatic N) is 5. The molecule has 16 heteroatoms. The van der Waals surface area contributed by atoms with E-state index in [0.717, 1.165) is 88.0 Å². The van der Waals surface area contributed by atoms with E-state index < -0.39 is 0 Å². The van der Waals surface area contributed by atoms with Gasteiger partial charge in [-0.1, -0.05) is 71.7 Å². The number of benzene rings is 5. The van der Waals surface area contributed by atoms with Gasteiger partial charge in [0.2, 0.25) is 0 Å². The zero-order valence-corrected chi connectivity index (χ0v) is 37.7. The van der Waals surface area contributed by atoms with Crippen LogP contribution in [-0.2, 0) is 0 Å². The van der Waals surface area contributed by atoms with E-state index in [-0.39, 0.29) is 0 Å². The monoisotopic (exact) mass is 909 g/mol. The summed E-state index contributed by atoms with van der Waals surface area (Å²) >= 11 is 16.3. The van der Waals surface area contributed by atoms with Crippen LogP contribution in [0.2, 0.25) is 10.3 Å². The number of hydrogen-bond donors (Lipinski definition) is 2. The van der Waals surface area contributed by atoms with Gasteiger partial charge in [-0.05, 0) is 91.4 Å². The summed E-state index contributed by atoms with van der Waals surface area (Å²) in [6.07, 6.45) is 4.79. The van der Waals surface area contributed by atoms with Crippen LogP contribution in [0, 0.1) is 0 Å². The number of thiazole rings is 1. The predicted octanol–water partition coefficient (Wildman–Crippen LogP) is 11.7. The fourth-order valence-corrected chi connectivity index (χ4v) is 7.52. The minimum Gasteiger partial charge on any atom is -0.497 e. The van der Waals surface area contributed by atoms with Crippen molar-refractivity contribution in [1.82, 2.24) is 25.4 Å². The largest absolute Gasteiger partial charge is 0.497 e. The molecule has 0 saturated carbocycles. The van der Waals surface area contributed by atoms with Crippen molar-refractivity contribution in [1.29, 1.82) is 0 Å². The van der Waals surface area contributed by atoms with Gasteiger partial charge in [-0.15, -0.1) is 55.3 Å². The molecule has 0 spiro atoms. The molecule has 0 atom stereocenters. The second-order valence-electron chi connectivity index (χ2n) is 12.4. The number of anilines is 2. The summed E-state index contributed by atoms with van der Waals surface area (Å²) in [5, 5.41) is 17.4. The average Bonchev–Trinajstić information content (AvgIpc) is 3.74. The van der Waals surface area contributed by atoms with Crippen LogP contribution < -0.4 is 25.7 Å². The number of fused-ring (bicyclic) bond motifs is 1. The molecule has 0 amide bonds. The molecule has 0 fully saturated rings. The Morgan fingerprint density at radius 3 is 1.43 bits per heavy atom. The second-order valence-corrected chi connectivity index (χ2v) is 15.9. The highest BCUT2D eigenvalue weighted by Crippen LogP contribution is 2.33. The first kappa shape index (κ1) is 46.2. The third-order valence-corrected chi connectivity index (χ3v) is 11.6. The van der Waals surface area contributed by atoms with Crippen molar-refractivity contribution in [3.8, 4) is 50.3 Å². The van der Waals surface area contributed by atoms with Gasteiger partial charge in [0.15, 0.2) is 10.3 Å². The van der Waals surface area contributed by atoms with Gasteiger partial charge in [0.25, 0.3) is 0 Å². The molecular formula is C45H41Cl2N7O4S3. The molecule has 3 heterocycles. The average molecular weight is 911 g/mol. The smallest absolute Gasteiger partial charge is 0.151 e. The quantitative estimate of drug-likeness (QED) is 0.0800. The molecule has 0 saturated heterocycles. The van der Waals surface area contributed by atoms with Crippen LogP contribution in [0.3, 0.4) is 0 Å². The first-order valence-electron chi connectivity index (χ1n) is 18.1. The number of ether oxygens (including phenoxy) is 3. The van der Waals surface area contributed by atoms with E-state index in [0.29, 0.717) is 15.9 Å². The Morgan fingerprint density at radius 1 is 0.557 bits per heavy atom. The van der Waals surface area contributed by atoms with Crippen LogP contribution in [0.15, 0.2) is 137 Å². The highest BCUT2D eigenvalue weighted by atomic mass is 35.5. The molecule has 0 bridgehead atoms. The fraction of sp³-hybridized carbons (Fsp3) is 0.111. The van der Waals surface area contributed by atoms with E-state index >= 15 is 0 Å². The number of nitrogen functional groups attached to an aromatic ring is 2. The van der Waals surface area contributed by atoms with Crippen molar-refractivity contribution in [2.75, 3.05) is 45.3 Å². The summed E-state index contributed by atoms with van der Waals surface area (Å²) < 4.78 is 16.5. The molecule has 61 heavy (non-hydrogen) atoms.